The zero-order valence-electron chi connectivity index (χ0n) is 19.0. The number of ether oxygens (including phenoxy) is 2. The van der Waals surface area contributed by atoms with Crippen LogP contribution in [0, 0.1) is 6.92 Å². The molecule has 0 unspecified atom stereocenters. The first-order chi connectivity index (χ1) is 16.6. The fraction of sp³-hybridized carbons (Fsp3) is 0.160. The van der Waals surface area contributed by atoms with Gasteiger partial charge >= 0.3 is 0 Å². The smallest absolute Gasteiger partial charge is 0.283 e. The molecule has 0 aliphatic heterocycles. The summed E-state index contributed by atoms with van der Waals surface area (Å²) in [6.07, 6.45) is 7.29. The van der Waals surface area contributed by atoms with Gasteiger partial charge in [0.25, 0.3) is 5.91 Å². The van der Waals surface area contributed by atoms with Crippen molar-refractivity contribution in [2.24, 2.45) is 5.10 Å². The van der Waals surface area contributed by atoms with Crippen molar-refractivity contribution in [2.45, 2.75) is 13.5 Å². The molecule has 0 aliphatic carbocycles. The number of aryl methyl sites for hydroxylation is 1. The molecule has 1 amide bonds. The molecule has 5 rings (SSSR count). The molecule has 5 aromatic rings. The molecule has 0 atom stereocenters. The number of benzene rings is 1. The van der Waals surface area contributed by atoms with E-state index in [4.69, 9.17) is 9.47 Å². The lowest BCUT2D eigenvalue weighted by Gasteiger charge is -2.09. The topological polar surface area (TPSA) is 93.5 Å². The molecule has 172 valence electrons. The first-order valence-corrected chi connectivity index (χ1v) is 11.4. The molecule has 0 aliphatic rings. The van der Waals surface area contributed by atoms with E-state index >= 15 is 0 Å². The van der Waals surface area contributed by atoms with Gasteiger partial charge in [0.05, 0.1) is 25.6 Å². The van der Waals surface area contributed by atoms with Gasteiger partial charge in [0.15, 0.2) is 0 Å². The van der Waals surface area contributed by atoms with E-state index in [1.54, 1.807) is 20.4 Å². The van der Waals surface area contributed by atoms with Gasteiger partial charge in [-0.1, -0.05) is 0 Å². The zero-order chi connectivity index (χ0) is 23.7. The van der Waals surface area contributed by atoms with Crippen LogP contribution in [0.2, 0.25) is 0 Å². The Morgan fingerprint density at radius 3 is 2.85 bits per heavy atom. The van der Waals surface area contributed by atoms with Crippen LogP contribution in [0.3, 0.4) is 0 Å². The van der Waals surface area contributed by atoms with Crippen molar-refractivity contribution in [3.05, 3.63) is 76.7 Å². The fourth-order valence-corrected chi connectivity index (χ4v) is 5.17. The summed E-state index contributed by atoms with van der Waals surface area (Å²) in [5.74, 6) is 0.448. The highest BCUT2D eigenvalue weighted by atomic mass is 32.1. The van der Waals surface area contributed by atoms with E-state index < -0.39 is 0 Å². The van der Waals surface area contributed by atoms with Crippen LogP contribution in [0.5, 0.6) is 5.75 Å². The number of methoxy groups -OCH3 is 2. The zero-order valence-corrected chi connectivity index (χ0v) is 19.8. The Bertz CT molecular complexity index is 1510. The molecule has 2 N–H and O–H groups in total. The van der Waals surface area contributed by atoms with Crippen molar-refractivity contribution in [2.75, 3.05) is 14.2 Å². The first-order valence-electron chi connectivity index (χ1n) is 10.6. The third kappa shape index (κ3) is 3.95. The van der Waals surface area contributed by atoms with E-state index in [9.17, 15) is 4.79 Å². The number of thiophene rings is 1. The Hall–Kier alpha value is -3.95. The molecule has 0 radical (unpaired) electrons. The van der Waals surface area contributed by atoms with Gasteiger partial charge in [-0.25, -0.2) is 10.4 Å². The van der Waals surface area contributed by atoms with Gasteiger partial charge in [0, 0.05) is 53.2 Å². The highest BCUT2D eigenvalue weighted by molar-refractivity contribution is 7.21. The van der Waals surface area contributed by atoms with E-state index in [2.05, 4.69) is 20.5 Å². The van der Waals surface area contributed by atoms with Crippen LogP contribution in [0.15, 0.2) is 60.1 Å². The molecule has 8 nitrogen and oxygen atoms in total. The Balaban J connectivity index is 1.51. The number of amides is 1. The number of hydrogen-bond donors (Lipinski definition) is 2. The molecule has 0 bridgehead atoms. The summed E-state index contributed by atoms with van der Waals surface area (Å²) in [5.41, 5.74) is 7.12. The van der Waals surface area contributed by atoms with Crippen LogP contribution in [-0.4, -0.2) is 40.9 Å². The van der Waals surface area contributed by atoms with E-state index in [0.29, 0.717) is 11.5 Å². The summed E-state index contributed by atoms with van der Waals surface area (Å²) >= 11 is 1.34. The van der Waals surface area contributed by atoms with Gasteiger partial charge in [-0.3, -0.25) is 4.79 Å². The Morgan fingerprint density at radius 1 is 1.26 bits per heavy atom. The molecule has 4 aromatic heterocycles. The van der Waals surface area contributed by atoms with Crippen molar-refractivity contribution >= 4 is 44.6 Å². The van der Waals surface area contributed by atoms with E-state index in [-0.39, 0.29) is 5.91 Å². The molecule has 4 heterocycles. The quantitative estimate of drug-likeness (QED) is 0.262. The number of carbonyl (C=O) groups excluding carboxylic acids is 1. The third-order valence-electron chi connectivity index (χ3n) is 5.51. The van der Waals surface area contributed by atoms with Crippen molar-refractivity contribution in [3.8, 4) is 11.4 Å². The summed E-state index contributed by atoms with van der Waals surface area (Å²) in [7, 11) is 3.29. The number of hydrazone groups is 1. The van der Waals surface area contributed by atoms with Gasteiger partial charge < -0.3 is 19.0 Å². The highest BCUT2D eigenvalue weighted by Crippen LogP contribution is 2.36. The largest absolute Gasteiger partial charge is 0.497 e. The minimum absolute atomic E-state index is 0.304. The number of pyridine rings is 1. The average Bonchev–Trinajstić information content (AvgIpc) is 3.57. The normalized spacial score (nSPS) is 11.6. The second kappa shape index (κ2) is 9.12. The number of rotatable bonds is 7. The van der Waals surface area contributed by atoms with E-state index in [0.717, 1.165) is 49.4 Å². The predicted octanol–water partition coefficient (Wildman–Crippen LogP) is 4.80. The van der Waals surface area contributed by atoms with Gasteiger partial charge in [0.2, 0.25) is 0 Å². The highest BCUT2D eigenvalue weighted by Gasteiger charge is 2.23. The monoisotopic (exact) mass is 473 g/mol. The van der Waals surface area contributed by atoms with Gasteiger partial charge in [-0.15, -0.1) is 11.3 Å². The number of aromatic amines is 1. The fourth-order valence-electron chi connectivity index (χ4n) is 4.02. The number of H-pyrrole nitrogens is 1. The maximum Gasteiger partial charge on any atom is 0.283 e. The molecule has 9 heteroatoms. The summed E-state index contributed by atoms with van der Waals surface area (Å²) in [6, 6.07) is 11.6. The van der Waals surface area contributed by atoms with Crippen LogP contribution in [0.1, 0.15) is 26.5 Å². The lowest BCUT2D eigenvalue weighted by Crippen LogP contribution is -2.18. The molecule has 0 saturated carbocycles. The number of carbonyl (C=O) groups is 1. The number of fused-ring (bicyclic) bond motifs is 2. The summed E-state index contributed by atoms with van der Waals surface area (Å²) in [5, 5.41) is 6.10. The maximum absolute atomic E-state index is 13.3. The van der Waals surface area contributed by atoms with Crippen molar-refractivity contribution < 1.29 is 14.3 Å². The number of nitrogens with zero attached hydrogens (tertiary/aromatic N) is 3. The van der Waals surface area contributed by atoms with E-state index in [1.807, 2.05) is 66.5 Å². The summed E-state index contributed by atoms with van der Waals surface area (Å²) < 4.78 is 12.7. The van der Waals surface area contributed by atoms with Crippen LogP contribution >= 0.6 is 11.3 Å². The lowest BCUT2D eigenvalue weighted by molar-refractivity contribution is 0.0959. The second-order valence-corrected chi connectivity index (χ2v) is 8.76. The number of aromatic nitrogens is 3. The van der Waals surface area contributed by atoms with Crippen LogP contribution in [0.4, 0.5) is 0 Å². The SMILES string of the molecule is COCc1cc(C)nc2sc(C(=O)N/N=C\c3c[nH]c4ccc(OC)cc34)c(-n3cccc3)c12. The second-order valence-electron chi connectivity index (χ2n) is 7.76. The molecule has 0 fully saturated rings. The first kappa shape index (κ1) is 21.9. The van der Waals surface area contributed by atoms with Crippen molar-refractivity contribution in [3.63, 3.8) is 0 Å². The van der Waals surface area contributed by atoms with Gasteiger partial charge in [-0.2, -0.15) is 5.10 Å². The van der Waals surface area contributed by atoms with Crippen molar-refractivity contribution in [1.29, 1.82) is 0 Å². The third-order valence-corrected chi connectivity index (χ3v) is 6.58. The average molecular weight is 474 g/mol. The summed E-state index contributed by atoms with van der Waals surface area (Å²) in [4.78, 5) is 22.5. The number of hydrogen-bond acceptors (Lipinski definition) is 6. The van der Waals surface area contributed by atoms with Gasteiger partial charge in [0.1, 0.15) is 15.5 Å². The van der Waals surface area contributed by atoms with Crippen molar-refractivity contribution in [1.82, 2.24) is 20.0 Å². The molecule has 1 aromatic carbocycles. The van der Waals surface area contributed by atoms with Crippen LogP contribution < -0.4 is 10.2 Å². The molecule has 0 spiro atoms. The minimum Gasteiger partial charge on any atom is -0.497 e. The van der Waals surface area contributed by atoms with Crippen LogP contribution in [-0.2, 0) is 11.3 Å². The Morgan fingerprint density at radius 2 is 2.09 bits per heavy atom. The molecular formula is C25H23N5O3S. The predicted molar refractivity (Wildman–Crippen MR) is 134 cm³/mol. The molecule has 34 heavy (non-hydrogen) atoms. The number of nitrogens with one attached hydrogen (secondary N) is 2. The molecular weight excluding hydrogens is 450 g/mol. The maximum atomic E-state index is 13.3. The summed E-state index contributed by atoms with van der Waals surface area (Å²) in [6.45, 7) is 2.36. The minimum atomic E-state index is -0.304. The van der Waals surface area contributed by atoms with Crippen LogP contribution in [0.25, 0.3) is 26.8 Å². The Kier molecular flexibility index (Phi) is 5.87. The standard InChI is InChI=1S/C25H23N5O3S/c1-15-10-16(14-32-2)21-22(30-8-4-5-9-30)23(34-25(21)28-15)24(31)29-27-13-17-12-26-20-7-6-18(33-3)11-19(17)20/h4-13,26H,14H2,1-3H3,(H,29,31)/b27-13-. The lowest BCUT2D eigenvalue weighted by atomic mass is 10.1. The molecule has 0 saturated heterocycles. The Labute approximate surface area is 199 Å². The van der Waals surface area contributed by atoms with Gasteiger partial charge in [-0.05, 0) is 48.9 Å². The van der Waals surface area contributed by atoms with E-state index in [1.165, 1.54) is 11.3 Å².